The zero-order valence-electron chi connectivity index (χ0n) is 9.69. The molecule has 0 amide bonds. The van der Waals surface area contributed by atoms with Gasteiger partial charge in [0.25, 0.3) is 0 Å². The Morgan fingerprint density at radius 2 is 2.38 bits per heavy atom. The summed E-state index contributed by atoms with van der Waals surface area (Å²) in [5.41, 5.74) is 8.35. The second-order valence-corrected chi connectivity index (χ2v) is 4.32. The van der Waals surface area contributed by atoms with Gasteiger partial charge in [0.05, 0.1) is 12.7 Å². The minimum Gasteiger partial charge on any atom is -0.380 e. The van der Waals surface area contributed by atoms with Crippen molar-refractivity contribution in [3.8, 4) is 0 Å². The van der Waals surface area contributed by atoms with Gasteiger partial charge < -0.3 is 15.2 Å². The van der Waals surface area contributed by atoms with Gasteiger partial charge in [0.15, 0.2) is 0 Å². The molecule has 16 heavy (non-hydrogen) atoms. The highest BCUT2D eigenvalue weighted by atomic mass is 16.5. The first kappa shape index (κ1) is 11.6. The zero-order valence-corrected chi connectivity index (χ0v) is 9.69. The summed E-state index contributed by atoms with van der Waals surface area (Å²) in [5.74, 6) is 0. The fourth-order valence-corrected chi connectivity index (χ4v) is 2.10. The van der Waals surface area contributed by atoms with Gasteiger partial charge in [0.1, 0.15) is 0 Å². The first-order chi connectivity index (χ1) is 7.79. The Morgan fingerprint density at radius 3 is 3.12 bits per heavy atom. The average molecular weight is 221 g/mol. The standard InChI is InChI=1S/C13H19NO2/c1-15-9-10-3-2-4-11(7-10)13-8-12(14)5-6-16-13/h2-4,7,12-13H,5-6,8-9,14H2,1H3. The van der Waals surface area contributed by atoms with Crippen LogP contribution in [0.25, 0.3) is 0 Å². The van der Waals surface area contributed by atoms with Crippen molar-refractivity contribution in [2.75, 3.05) is 13.7 Å². The Kier molecular flexibility index (Phi) is 3.93. The third-order valence-electron chi connectivity index (χ3n) is 2.96. The van der Waals surface area contributed by atoms with Crippen molar-refractivity contribution < 1.29 is 9.47 Å². The van der Waals surface area contributed by atoms with E-state index in [0.29, 0.717) is 6.61 Å². The molecular formula is C13H19NO2. The lowest BCUT2D eigenvalue weighted by Gasteiger charge is -2.27. The molecule has 0 bridgehead atoms. The van der Waals surface area contributed by atoms with Crippen LogP contribution in [0.5, 0.6) is 0 Å². The molecule has 0 aromatic heterocycles. The van der Waals surface area contributed by atoms with E-state index in [1.54, 1.807) is 7.11 Å². The molecule has 2 unspecified atom stereocenters. The van der Waals surface area contributed by atoms with Crippen LogP contribution in [-0.4, -0.2) is 19.8 Å². The van der Waals surface area contributed by atoms with Crippen LogP contribution in [0.4, 0.5) is 0 Å². The highest BCUT2D eigenvalue weighted by Gasteiger charge is 2.21. The minimum absolute atomic E-state index is 0.153. The predicted octanol–water partition coefficient (Wildman–Crippen LogP) is 2.01. The molecule has 1 heterocycles. The number of nitrogens with two attached hydrogens (primary N) is 1. The maximum Gasteiger partial charge on any atom is 0.0839 e. The van der Waals surface area contributed by atoms with Crippen LogP contribution in [-0.2, 0) is 16.1 Å². The van der Waals surface area contributed by atoms with Crippen LogP contribution in [0.1, 0.15) is 30.1 Å². The van der Waals surface area contributed by atoms with E-state index in [1.165, 1.54) is 11.1 Å². The van der Waals surface area contributed by atoms with E-state index >= 15 is 0 Å². The summed E-state index contributed by atoms with van der Waals surface area (Å²) in [4.78, 5) is 0. The molecule has 3 heteroatoms. The highest BCUT2D eigenvalue weighted by molar-refractivity contribution is 5.25. The van der Waals surface area contributed by atoms with Gasteiger partial charge in [-0.25, -0.2) is 0 Å². The van der Waals surface area contributed by atoms with Gasteiger partial charge in [0, 0.05) is 19.8 Å². The summed E-state index contributed by atoms with van der Waals surface area (Å²) in [6, 6.07) is 8.63. The van der Waals surface area contributed by atoms with Gasteiger partial charge >= 0.3 is 0 Å². The SMILES string of the molecule is COCc1cccc(C2CC(N)CCO2)c1. The van der Waals surface area contributed by atoms with E-state index in [9.17, 15) is 0 Å². The molecule has 3 nitrogen and oxygen atoms in total. The molecule has 1 aromatic rings. The molecule has 1 fully saturated rings. The number of benzene rings is 1. The molecule has 1 saturated heterocycles. The minimum atomic E-state index is 0.153. The van der Waals surface area contributed by atoms with E-state index in [-0.39, 0.29) is 12.1 Å². The van der Waals surface area contributed by atoms with E-state index in [1.807, 2.05) is 6.07 Å². The van der Waals surface area contributed by atoms with Crippen LogP contribution in [0.2, 0.25) is 0 Å². The van der Waals surface area contributed by atoms with Crippen LogP contribution >= 0.6 is 0 Å². The lowest BCUT2D eigenvalue weighted by molar-refractivity contribution is 0.00657. The lowest BCUT2D eigenvalue weighted by Crippen LogP contribution is -2.30. The highest BCUT2D eigenvalue weighted by Crippen LogP contribution is 2.27. The Morgan fingerprint density at radius 1 is 1.50 bits per heavy atom. The van der Waals surface area contributed by atoms with Gasteiger partial charge in [-0.2, -0.15) is 0 Å². The normalized spacial score (nSPS) is 25.6. The largest absolute Gasteiger partial charge is 0.380 e. The van der Waals surface area contributed by atoms with Crippen LogP contribution in [0.15, 0.2) is 24.3 Å². The van der Waals surface area contributed by atoms with E-state index in [0.717, 1.165) is 19.4 Å². The van der Waals surface area contributed by atoms with Crippen molar-refractivity contribution in [2.24, 2.45) is 5.73 Å². The quantitative estimate of drug-likeness (QED) is 0.849. The average Bonchev–Trinajstić information content (AvgIpc) is 2.30. The maximum atomic E-state index is 5.95. The molecule has 0 radical (unpaired) electrons. The van der Waals surface area contributed by atoms with Crippen molar-refractivity contribution in [3.63, 3.8) is 0 Å². The third kappa shape index (κ3) is 2.82. The zero-order chi connectivity index (χ0) is 11.4. The second kappa shape index (κ2) is 5.43. The van der Waals surface area contributed by atoms with Gasteiger partial charge in [0.2, 0.25) is 0 Å². The topological polar surface area (TPSA) is 44.5 Å². The number of hydrogen-bond donors (Lipinski definition) is 1. The Hall–Kier alpha value is -0.900. The number of rotatable bonds is 3. The molecule has 1 aliphatic rings. The van der Waals surface area contributed by atoms with Crippen molar-refractivity contribution in [3.05, 3.63) is 35.4 Å². The van der Waals surface area contributed by atoms with Gasteiger partial charge in [-0.05, 0) is 24.0 Å². The third-order valence-corrected chi connectivity index (χ3v) is 2.96. The summed E-state index contributed by atoms with van der Waals surface area (Å²) >= 11 is 0. The Labute approximate surface area is 96.5 Å². The predicted molar refractivity (Wildman–Crippen MR) is 63.1 cm³/mol. The molecule has 1 aliphatic heterocycles. The molecule has 2 atom stereocenters. The fraction of sp³-hybridized carbons (Fsp3) is 0.538. The first-order valence-electron chi connectivity index (χ1n) is 5.74. The van der Waals surface area contributed by atoms with Crippen LogP contribution in [0, 0.1) is 0 Å². The molecule has 1 aromatic carbocycles. The molecular weight excluding hydrogens is 202 g/mol. The summed E-state index contributed by atoms with van der Waals surface area (Å²) in [6.45, 7) is 1.41. The monoisotopic (exact) mass is 221 g/mol. The number of hydrogen-bond acceptors (Lipinski definition) is 3. The van der Waals surface area contributed by atoms with Crippen molar-refractivity contribution >= 4 is 0 Å². The van der Waals surface area contributed by atoms with Gasteiger partial charge in [-0.1, -0.05) is 24.3 Å². The summed E-state index contributed by atoms with van der Waals surface area (Å²) in [6.07, 6.45) is 2.03. The van der Waals surface area contributed by atoms with E-state index in [4.69, 9.17) is 15.2 Å². The first-order valence-corrected chi connectivity index (χ1v) is 5.74. The number of ether oxygens (including phenoxy) is 2. The fourth-order valence-electron chi connectivity index (χ4n) is 2.10. The summed E-state index contributed by atoms with van der Waals surface area (Å²) in [7, 11) is 1.71. The van der Waals surface area contributed by atoms with Crippen molar-refractivity contribution in [1.82, 2.24) is 0 Å². The second-order valence-electron chi connectivity index (χ2n) is 4.32. The van der Waals surface area contributed by atoms with Gasteiger partial charge in [-0.15, -0.1) is 0 Å². The van der Waals surface area contributed by atoms with Crippen molar-refractivity contribution in [2.45, 2.75) is 31.6 Å². The molecule has 88 valence electrons. The molecule has 0 saturated carbocycles. The summed E-state index contributed by atoms with van der Waals surface area (Å²) in [5, 5.41) is 0. The van der Waals surface area contributed by atoms with Crippen LogP contribution < -0.4 is 5.73 Å². The van der Waals surface area contributed by atoms with Crippen molar-refractivity contribution in [1.29, 1.82) is 0 Å². The Bertz CT molecular complexity index is 340. The lowest BCUT2D eigenvalue weighted by atomic mass is 9.97. The smallest absolute Gasteiger partial charge is 0.0839 e. The van der Waals surface area contributed by atoms with E-state index < -0.39 is 0 Å². The number of methoxy groups -OCH3 is 1. The van der Waals surface area contributed by atoms with Gasteiger partial charge in [-0.3, -0.25) is 0 Å². The van der Waals surface area contributed by atoms with Crippen LogP contribution in [0.3, 0.4) is 0 Å². The molecule has 2 rings (SSSR count). The molecule has 2 N–H and O–H groups in total. The molecule has 0 aliphatic carbocycles. The summed E-state index contributed by atoms with van der Waals surface area (Å²) < 4.78 is 10.9. The Balaban J connectivity index is 2.09. The maximum absolute atomic E-state index is 5.95. The molecule has 0 spiro atoms. The van der Waals surface area contributed by atoms with E-state index in [2.05, 4.69) is 18.2 Å².